The lowest BCUT2D eigenvalue weighted by molar-refractivity contribution is -0.0498. The Labute approximate surface area is 204 Å². The van der Waals surface area contributed by atoms with E-state index in [9.17, 15) is 8.78 Å². The highest BCUT2D eigenvalue weighted by atomic mass is 127. The minimum Gasteiger partial charge on any atom is -0.435 e. The predicted octanol–water partition coefficient (Wildman–Crippen LogP) is 3.89. The summed E-state index contributed by atoms with van der Waals surface area (Å²) < 4.78 is 31.1. The maximum absolute atomic E-state index is 12.3. The molecular weight excluding hydrogens is 537 g/mol. The van der Waals surface area contributed by atoms with Crippen LogP contribution in [-0.2, 0) is 19.5 Å². The van der Waals surface area contributed by atoms with E-state index >= 15 is 0 Å². The third-order valence-electron chi connectivity index (χ3n) is 4.35. The van der Waals surface area contributed by atoms with Crippen molar-refractivity contribution in [2.24, 2.45) is 4.99 Å². The Morgan fingerprint density at radius 2 is 2.06 bits per heavy atom. The molecule has 0 radical (unpaired) electrons. The van der Waals surface area contributed by atoms with E-state index in [1.54, 1.807) is 42.4 Å². The molecule has 174 valence electrons. The van der Waals surface area contributed by atoms with Crippen LogP contribution in [0.15, 0.2) is 35.6 Å². The largest absolute Gasteiger partial charge is 0.435 e. The molecule has 1 N–H and O–H groups in total. The van der Waals surface area contributed by atoms with Crippen LogP contribution in [0.3, 0.4) is 0 Å². The summed E-state index contributed by atoms with van der Waals surface area (Å²) in [6.07, 6.45) is 5.66. The number of benzene rings is 1. The van der Waals surface area contributed by atoms with Crippen molar-refractivity contribution in [1.82, 2.24) is 25.0 Å². The van der Waals surface area contributed by atoms with Gasteiger partial charge in [0.1, 0.15) is 17.9 Å². The second-order valence-corrected chi connectivity index (χ2v) is 7.64. The second kappa shape index (κ2) is 15.2. The number of hydrogen-bond donors (Lipinski definition) is 1. The van der Waals surface area contributed by atoms with Crippen molar-refractivity contribution < 1.29 is 13.5 Å². The van der Waals surface area contributed by atoms with Crippen LogP contribution in [0.25, 0.3) is 0 Å². The molecule has 1 aromatic carbocycles. The molecule has 0 spiro atoms. The third-order valence-corrected chi connectivity index (χ3v) is 5.04. The first kappa shape index (κ1) is 27.4. The van der Waals surface area contributed by atoms with Crippen LogP contribution in [0.1, 0.15) is 24.7 Å². The number of alkyl halides is 2. The summed E-state index contributed by atoms with van der Waals surface area (Å²) in [4.78, 5) is 6.75. The number of halogens is 3. The molecule has 0 unspecified atom stereocenters. The molecule has 0 aliphatic heterocycles. The van der Waals surface area contributed by atoms with E-state index in [1.165, 1.54) is 0 Å². The van der Waals surface area contributed by atoms with Gasteiger partial charge in [0, 0.05) is 39.6 Å². The van der Waals surface area contributed by atoms with Crippen LogP contribution in [0.5, 0.6) is 5.75 Å². The number of aryl methyl sites for hydroxylation is 1. The molecule has 0 aliphatic rings. The normalized spacial score (nSPS) is 11.4. The molecular formula is C20H31F2IN6OS. The average Bonchev–Trinajstić information content (AvgIpc) is 3.18. The lowest BCUT2D eigenvalue weighted by Gasteiger charge is -2.23. The number of nitrogens with one attached hydrogen (secondary N) is 1. The number of thioether (sulfide) groups is 1. The van der Waals surface area contributed by atoms with Crippen molar-refractivity contribution in [1.29, 1.82) is 0 Å². The Kier molecular flexibility index (Phi) is 13.5. The van der Waals surface area contributed by atoms with Crippen molar-refractivity contribution in [3.63, 3.8) is 0 Å². The maximum Gasteiger partial charge on any atom is 0.387 e. The molecule has 11 heteroatoms. The molecule has 0 aliphatic carbocycles. The first-order chi connectivity index (χ1) is 14.5. The monoisotopic (exact) mass is 568 g/mol. The zero-order valence-electron chi connectivity index (χ0n) is 18.1. The third kappa shape index (κ3) is 10.0. The summed E-state index contributed by atoms with van der Waals surface area (Å²) in [5.74, 6) is 2.97. The van der Waals surface area contributed by atoms with Gasteiger partial charge in [0.15, 0.2) is 5.96 Å². The maximum atomic E-state index is 12.3. The van der Waals surface area contributed by atoms with Gasteiger partial charge >= 0.3 is 6.61 Å². The highest BCUT2D eigenvalue weighted by Crippen LogP contribution is 2.15. The van der Waals surface area contributed by atoms with Crippen LogP contribution in [0.4, 0.5) is 8.78 Å². The predicted molar refractivity (Wildman–Crippen MR) is 133 cm³/mol. The Morgan fingerprint density at radius 1 is 1.32 bits per heavy atom. The standard InChI is InChI=1S/C20H30F2N6OS.HI/c1-4-18-26-25-15-28(18)12-11-24-20(23-10-5-13-30-3)27(2)14-16-6-8-17(9-7-16)29-19(21)22;/h6-9,15,19H,4-5,10-14H2,1-3H3,(H,23,24);1H. The molecule has 2 rings (SSSR count). The van der Waals surface area contributed by atoms with Crippen LogP contribution in [-0.4, -0.2) is 64.4 Å². The van der Waals surface area contributed by atoms with E-state index in [1.807, 2.05) is 16.5 Å². The van der Waals surface area contributed by atoms with Gasteiger partial charge in [-0.05, 0) is 36.1 Å². The highest BCUT2D eigenvalue weighted by molar-refractivity contribution is 14.0. The number of aliphatic imine (C=N–C) groups is 1. The number of nitrogens with zero attached hydrogens (tertiary/aromatic N) is 5. The summed E-state index contributed by atoms with van der Waals surface area (Å²) >= 11 is 1.80. The minimum absolute atomic E-state index is 0. The molecule has 2 aromatic rings. The van der Waals surface area contributed by atoms with Gasteiger partial charge in [0.05, 0.1) is 0 Å². The molecule has 1 heterocycles. The Balaban J connectivity index is 0.00000480. The summed E-state index contributed by atoms with van der Waals surface area (Å²) in [5.41, 5.74) is 0.977. The van der Waals surface area contributed by atoms with Gasteiger partial charge in [0.2, 0.25) is 0 Å². The van der Waals surface area contributed by atoms with Crippen LogP contribution in [0.2, 0.25) is 0 Å². The molecule has 0 saturated heterocycles. The molecule has 0 amide bonds. The lowest BCUT2D eigenvalue weighted by Crippen LogP contribution is -2.40. The van der Waals surface area contributed by atoms with Crippen molar-refractivity contribution >= 4 is 41.7 Å². The van der Waals surface area contributed by atoms with Crippen molar-refractivity contribution in [2.75, 3.05) is 32.1 Å². The topological polar surface area (TPSA) is 67.6 Å². The first-order valence-electron chi connectivity index (χ1n) is 9.92. The van der Waals surface area contributed by atoms with Gasteiger partial charge in [-0.1, -0.05) is 19.1 Å². The molecule has 31 heavy (non-hydrogen) atoms. The fraction of sp³-hybridized carbons (Fsp3) is 0.550. The summed E-state index contributed by atoms with van der Waals surface area (Å²) in [6, 6.07) is 6.67. The second-order valence-electron chi connectivity index (χ2n) is 6.65. The van der Waals surface area contributed by atoms with Gasteiger partial charge in [-0.25, -0.2) is 0 Å². The minimum atomic E-state index is -2.82. The van der Waals surface area contributed by atoms with E-state index in [0.717, 1.165) is 49.0 Å². The Bertz CT molecular complexity index is 775. The molecule has 0 atom stereocenters. The van der Waals surface area contributed by atoms with Crippen LogP contribution < -0.4 is 10.1 Å². The summed E-state index contributed by atoms with van der Waals surface area (Å²) in [7, 11) is 1.96. The molecule has 0 fully saturated rings. The summed E-state index contributed by atoms with van der Waals surface area (Å²) in [5, 5.41) is 11.5. The number of aromatic nitrogens is 3. The average molecular weight is 568 g/mol. The fourth-order valence-corrected chi connectivity index (χ4v) is 3.28. The van der Waals surface area contributed by atoms with Gasteiger partial charge in [-0.3, -0.25) is 4.99 Å². The SMILES string of the molecule is CCc1nncn1CCNC(=NCCCSC)N(C)Cc1ccc(OC(F)F)cc1.I. The van der Waals surface area contributed by atoms with E-state index < -0.39 is 6.61 Å². The van der Waals surface area contributed by atoms with E-state index in [0.29, 0.717) is 13.1 Å². The zero-order valence-corrected chi connectivity index (χ0v) is 21.3. The van der Waals surface area contributed by atoms with Crippen LogP contribution >= 0.6 is 35.7 Å². The van der Waals surface area contributed by atoms with Crippen molar-refractivity contribution in [3.05, 3.63) is 42.0 Å². The molecule has 7 nitrogen and oxygen atoms in total. The first-order valence-corrected chi connectivity index (χ1v) is 11.3. The number of hydrogen-bond acceptors (Lipinski definition) is 5. The Morgan fingerprint density at radius 3 is 2.71 bits per heavy atom. The van der Waals surface area contributed by atoms with Crippen molar-refractivity contribution in [3.8, 4) is 5.75 Å². The summed E-state index contributed by atoms with van der Waals surface area (Å²) in [6.45, 7) is 2.00. The zero-order chi connectivity index (χ0) is 21.8. The quantitative estimate of drug-likeness (QED) is 0.182. The van der Waals surface area contributed by atoms with Gasteiger partial charge < -0.3 is 19.5 Å². The molecule has 0 saturated carbocycles. The van der Waals surface area contributed by atoms with E-state index in [2.05, 4.69) is 33.4 Å². The number of rotatable bonds is 12. The van der Waals surface area contributed by atoms with Gasteiger partial charge in [0.25, 0.3) is 0 Å². The lowest BCUT2D eigenvalue weighted by atomic mass is 10.2. The fourth-order valence-electron chi connectivity index (χ4n) is 2.86. The smallest absolute Gasteiger partial charge is 0.387 e. The number of ether oxygens (including phenoxy) is 1. The molecule has 0 bridgehead atoms. The molecule has 1 aromatic heterocycles. The Hall–Kier alpha value is -1.63. The van der Waals surface area contributed by atoms with Crippen LogP contribution in [0, 0.1) is 0 Å². The van der Waals surface area contributed by atoms with Gasteiger partial charge in [-0.2, -0.15) is 20.5 Å². The number of guanidine groups is 1. The van der Waals surface area contributed by atoms with Gasteiger partial charge in [-0.15, -0.1) is 34.2 Å². The van der Waals surface area contributed by atoms with E-state index in [-0.39, 0.29) is 29.7 Å². The van der Waals surface area contributed by atoms with E-state index in [4.69, 9.17) is 4.99 Å². The van der Waals surface area contributed by atoms with Crippen molar-refractivity contribution in [2.45, 2.75) is 39.5 Å². The highest BCUT2D eigenvalue weighted by Gasteiger charge is 2.09.